The fourth-order valence-electron chi connectivity index (χ4n) is 4.07. The lowest BCUT2D eigenvalue weighted by Gasteiger charge is -2.34. The number of ether oxygens (including phenoxy) is 1. The second-order valence-electron chi connectivity index (χ2n) is 8.00. The van der Waals surface area contributed by atoms with Crippen LogP contribution in [0, 0.1) is 18.7 Å². The zero-order chi connectivity index (χ0) is 20.8. The molecular weight excluding hydrogens is 367 g/mol. The molecule has 2 aromatic carbocycles. The largest absolute Gasteiger partial charge is 0.496 e. The van der Waals surface area contributed by atoms with Crippen LogP contribution in [-0.4, -0.2) is 56.0 Å². The van der Waals surface area contributed by atoms with Crippen molar-refractivity contribution in [2.24, 2.45) is 5.92 Å². The fourth-order valence-corrected chi connectivity index (χ4v) is 4.07. The van der Waals surface area contributed by atoms with Crippen molar-refractivity contribution in [3.05, 3.63) is 65.0 Å². The molecule has 29 heavy (non-hydrogen) atoms. The van der Waals surface area contributed by atoms with Crippen molar-refractivity contribution >= 4 is 5.91 Å². The van der Waals surface area contributed by atoms with Crippen LogP contribution in [0.25, 0.3) is 0 Å². The van der Waals surface area contributed by atoms with Crippen LogP contribution in [0.3, 0.4) is 0 Å². The molecule has 1 amide bonds. The lowest BCUT2D eigenvalue weighted by Crippen LogP contribution is -2.40. The highest BCUT2D eigenvalue weighted by molar-refractivity contribution is 5.94. The maximum Gasteiger partial charge on any atom is 0.253 e. The third-order valence-corrected chi connectivity index (χ3v) is 5.88. The van der Waals surface area contributed by atoms with Gasteiger partial charge in [-0.2, -0.15) is 0 Å². The SMILES string of the molecule is COc1ccc(C(=O)N(C)CC2CCN(CCc3ccccc3F)CC2)cc1C. The summed E-state index contributed by atoms with van der Waals surface area (Å²) < 4.78 is 19.0. The Bertz CT molecular complexity index is 831. The van der Waals surface area contributed by atoms with Gasteiger partial charge in [-0.15, -0.1) is 0 Å². The predicted octanol–water partition coefficient (Wildman–Crippen LogP) is 4.17. The molecular formula is C24H31FN2O2. The summed E-state index contributed by atoms with van der Waals surface area (Å²) in [5.74, 6) is 1.24. The van der Waals surface area contributed by atoms with Crippen molar-refractivity contribution in [3.8, 4) is 5.75 Å². The smallest absolute Gasteiger partial charge is 0.253 e. The van der Waals surface area contributed by atoms with Crippen molar-refractivity contribution in [3.63, 3.8) is 0 Å². The summed E-state index contributed by atoms with van der Waals surface area (Å²) in [6, 6.07) is 12.6. The minimum atomic E-state index is -0.115. The number of hydrogen-bond donors (Lipinski definition) is 0. The first kappa shape index (κ1) is 21.3. The van der Waals surface area contributed by atoms with Gasteiger partial charge in [0, 0.05) is 25.7 Å². The molecule has 1 aliphatic rings. The van der Waals surface area contributed by atoms with Gasteiger partial charge >= 0.3 is 0 Å². The van der Waals surface area contributed by atoms with Gasteiger partial charge in [0.15, 0.2) is 0 Å². The average molecular weight is 399 g/mol. The van der Waals surface area contributed by atoms with Gasteiger partial charge in [-0.25, -0.2) is 4.39 Å². The van der Waals surface area contributed by atoms with E-state index >= 15 is 0 Å². The van der Waals surface area contributed by atoms with Gasteiger partial charge in [-0.1, -0.05) is 18.2 Å². The van der Waals surface area contributed by atoms with Crippen molar-refractivity contribution in [2.75, 3.05) is 40.3 Å². The Kier molecular flexibility index (Phi) is 7.26. The van der Waals surface area contributed by atoms with E-state index < -0.39 is 0 Å². The maximum atomic E-state index is 13.8. The number of hydrogen-bond acceptors (Lipinski definition) is 3. The summed E-state index contributed by atoms with van der Waals surface area (Å²) >= 11 is 0. The van der Waals surface area contributed by atoms with Gasteiger partial charge in [-0.05, 0) is 80.6 Å². The van der Waals surface area contributed by atoms with Crippen molar-refractivity contribution in [1.82, 2.24) is 9.80 Å². The molecule has 156 valence electrons. The van der Waals surface area contributed by atoms with Crippen LogP contribution in [0.15, 0.2) is 42.5 Å². The number of likely N-dealkylation sites (tertiary alicyclic amines) is 1. The number of rotatable bonds is 7. The summed E-state index contributed by atoms with van der Waals surface area (Å²) in [5, 5.41) is 0. The van der Waals surface area contributed by atoms with Crippen LogP contribution >= 0.6 is 0 Å². The normalized spacial score (nSPS) is 15.3. The third kappa shape index (κ3) is 5.57. The monoisotopic (exact) mass is 398 g/mol. The molecule has 0 aromatic heterocycles. The van der Waals surface area contributed by atoms with Crippen LogP contribution in [0.1, 0.15) is 34.3 Å². The van der Waals surface area contributed by atoms with E-state index in [1.54, 1.807) is 13.2 Å². The van der Waals surface area contributed by atoms with Crippen LogP contribution in [0.5, 0.6) is 5.75 Å². The number of nitrogens with zero attached hydrogens (tertiary/aromatic N) is 2. The Morgan fingerprint density at radius 1 is 1.21 bits per heavy atom. The van der Waals surface area contributed by atoms with Gasteiger partial charge in [-0.3, -0.25) is 4.79 Å². The molecule has 5 heteroatoms. The summed E-state index contributed by atoms with van der Waals surface area (Å²) in [6.45, 7) is 5.61. The van der Waals surface area contributed by atoms with Crippen LogP contribution < -0.4 is 4.74 Å². The van der Waals surface area contributed by atoms with E-state index in [9.17, 15) is 9.18 Å². The van der Waals surface area contributed by atoms with Crippen LogP contribution in [-0.2, 0) is 6.42 Å². The van der Waals surface area contributed by atoms with E-state index in [1.165, 1.54) is 6.07 Å². The Balaban J connectivity index is 1.45. The predicted molar refractivity (Wildman–Crippen MR) is 114 cm³/mol. The Hall–Kier alpha value is -2.40. The fraction of sp³-hybridized carbons (Fsp3) is 0.458. The Labute approximate surface area is 173 Å². The maximum absolute atomic E-state index is 13.8. The van der Waals surface area contributed by atoms with Gasteiger partial charge < -0.3 is 14.5 Å². The first-order valence-electron chi connectivity index (χ1n) is 10.3. The van der Waals surface area contributed by atoms with Crippen LogP contribution in [0.4, 0.5) is 4.39 Å². The molecule has 2 aromatic rings. The minimum Gasteiger partial charge on any atom is -0.496 e. The van der Waals surface area contributed by atoms with Crippen molar-refractivity contribution < 1.29 is 13.9 Å². The topological polar surface area (TPSA) is 32.8 Å². The number of aryl methyl sites for hydroxylation is 1. The molecule has 1 heterocycles. The summed E-state index contributed by atoms with van der Waals surface area (Å²) in [4.78, 5) is 17.0. The molecule has 0 bridgehead atoms. The van der Waals surface area contributed by atoms with E-state index in [0.29, 0.717) is 11.5 Å². The Morgan fingerprint density at radius 3 is 2.59 bits per heavy atom. The highest BCUT2D eigenvalue weighted by atomic mass is 19.1. The second kappa shape index (κ2) is 9.88. The quantitative estimate of drug-likeness (QED) is 0.702. The molecule has 3 rings (SSSR count). The van der Waals surface area contributed by atoms with Gasteiger partial charge in [0.05, 0.1) is 7.11 Å². The highest BCUT2D eigenvalue weighted by Crippen LogP contribution is 2.22. The van der Waals surface area contributed by atoms with E-state index in [4.69, 9.17) is 4.74 Å². The molecule has 0 radical (unpaired) electrons. The number of methoxy groups -OCH3 is 1. The molecule has 4 nitrogen and oxygen atoms in total. The number of carbonyl (C=O) groups excluding carboxylic acids is 1. The highest BCUT2D eigenvalue weighted by Gasteiger charge is 2.23. The van der Waals surface area contributed by atoms with E-state index in [2.05, 4.69) is 4.90 Å². The lowest BCUT2D eigenvalue weighted by molar-refractivity contribution is 0.0740. The summed E-state index contributed by atoms with van der Waals surface area (Å²) in [7, 11) is 3.52. The van der Waals surface area contributed by atoms with Crippen molar-refractivity contribution in [1.29, 1.82) is 0 Å². The van der Waals surface area contributed by atoms with E-state index in [1.807, 2.05) is 49.2 Å². The zero-order valence-corrected chi connectivity index (χ0v) is 17.7. The van der Waals surface area contributed by atoms with E-state index in [-0.39, 0.29) is 11.7 Å². The van der Waals surface area contributed by atoms with Crippen molar-refractivity contribution in [2.45, 2.75) is 26.2 Å². The third-order valence-electron chi connectivity index (χ3n) is 5.88. The number of benzene rings is 2. The molecule has 1 saturated heterocycles. The average Bonchev–Trinajstić information content (AvgIpc) is 2.73. The summed E-state index contributed by atoms with van der Waals surface area (Å²) in [6.07, 6.45) is 2.87. The molecule has 0 aliphatic carbocycles. The summed E-state index contributed by atoms with van der Waals surface area (Å²) in [5.41, 5.74) is 2.46. The molecule has 1 aliphatic heterocycles. The van der Waals surface area contributed by atoms with E-state index in [0.717, 1.165) is 62.3 Å². The molecule has 0 N–H and O–H groups in total. The second-order valence-corrected chi connectivity index (χ2v) is 8.00. The molecule has 0 atom stereocenters. The molecule has 0 spiro atoms. The number of amides is 1. The van der Waals surface area contributed by atoms with Gasteiger partial charge in [0.25, 0.3) is 5.91 Å². The Morgan fingerprint density at radius 2 is 1.93 bits per heavy atom. The zero-order valence-electron chi connectivity index (χ0n) is 17.7. The van der Waals surface area contributed by atoms with Crippen LogP contribution in [0.2, 0.25) is 0 Å². The van der Waals surface area contributed by atoms with Gasteiger partial charge in [0.2, 0.25) is 0 Å². The van der Waals surface area contributed by atoms with Gasteiger partial charge in [0.1, 0.15) is 11.6 Å². The molecule has 0 saturated carbocycles. The first-order valence-corrected chi connectivity index (χ1v) is 10.3. The number of piperidine rings is 1. The lowest BCUT2D eigenvalue weighted by atomic mass is 9.95. The standard InChI is InChI=1S/C24H31FN2O2/c1-18-16-21(8-9-23(18)29-3)24(28)26(2)17-19-10-13-27(14-11-19)15-12-20-6-4-5-7-22(20)25/h4-9,16,19H,10-15,17H2,1-3H3. The minimum absolute atomic E-state index is 0.0535. The number of halogens is 1. The number of carbonyl (C=O) groups is 1. The first-order chi connectivity index (χ1) is 14.0. The molecule has 1 fully saturated rings. The molecule has 0 unspecified atom stereocenters.